The van der Waals surface area contributed by atoms with Crippen LogP contribution in [0.2, 0.25) is 0 Å². The summed E-state index contributed by atoms with van der Waals surface area (Å²) >= 11 is 3.54. The molecule has 1 fully saturated rings. The monoisotopic (exact) mass is 540 g/mol. The fraction of sp³-hybridized carbons (Fsp3) is 0.0690. The fourth-order valence-electron chi connectivity index (χ4n) is 4.12. The van der Waals surface area contributed by atoms with Gasteiger partial charge in [0.05, 0.1) is 5.69 Å². The van der Waals surface area contributed by atoms with Crippen LogP contribution in [0.5, 0.6) is 5.75 Å². The summed E-state index contributed by atoms with van der Waals surface area (Å²) in [6.07, 6.45) is 1.50. The zero-order valence-electron chi connectivity index (χ0n) is 19.3. The molecule has 0 saturated carbocycles. The Labute approximate surface area is 216 Å². The van der Waals surface area contributed by atoms with Crippen LogP contribution in [0.3, 0.4) is 0 Å². The molecular weight excluding hydrogens is 520 g/mol. The first-order valence-electron chi connectivity index (χ1n) is 11.3. The lowest BCUT2D eigenvalue weighted by Gasteiger charge is -2.26. The number of carbonyl (C=O) groups is 3. The maximum atomic E-state index is 13.5. The Hall–Kier alpha value is -4.23. The predicted molar refractivity (Wildman–Crippen MR) is 143 cm³/mol. The summed E-state index contributed by atoms with van der Waals surface area (Å²) < 4.78 is 7.09. The number of rotatable bonds is 5. The summed E-state index contributed by atoms with van der Waals surface area (Å²) in [6.45, 7) is 2.15. The van der Waals surface area contributed by atoms with E-state index in [0.29, 0.717) is 17.0 Å². The molecule has 5 rings (SSSR count). The number of amides is 4. The third kappa shape index (κ3) is 4.53. The van der Waals surface area contributed by atoms with Crippen LogP contribution in [0.4, 0.5) is 10.5 Å². The minimum Gasteiger partial charge on any atom is -0.488 e. The summed E-state index contributed by atoms with van der Waals surface area (Å²) in [7, 11) is 0. The van der Waals surface area contributed by atoms with E-state index in [4.69, 9.17) is 4.74 Å². The zero-order valence-corrected chi connectivity index (χ0v) is 20.9. The topological polar surface area (TPSA) is 75.7 Å². The van der Waals surface area contributed by atoms with Crippen molar-refractivity contribution in [1.82, 2.24) is 5.32 Å². The Kier molecular flexibility index (Phi) is 6.40. The quantitative estimate of drug-likeness (QED) is 0.243. The number of hydrogen-bond donors (Lipinski definition) is 1. The van der Waals surface area contributed by atoms with Crippen molar-refractivity contribution in [2.45, 2.75) is 13.5 Å². The number of barbiturate groups is 1. The third-order valence-corrected chi connectivity index (χ3v) is 6.70. The van der Waals surface area contributed by atoms with Gasteiger partial charge < -0.3 is 4.74 Å². The molecule has 0 aromatic heterocycles. The van der Waals surface area contributed by atoms with Gasteiger partial charge in [-0.2, -0.15) is 0 Å². The molecular formula is C29H21BrN2O4. The van der Waals surface area contributed by atoms with Gasteiger partial charge in [0.1, 0.15) is 17.9 Å². The molecule has 1 saturated heterocycles. The van der Waals surface area contributed by atoms with Crippen LogP contribution in [0.15, 0.2) is 95.0 Å². The first kappa shape index (κ1) is 23.5. The van der Waals surface area contributed by atoms with Crippen LogP contribution in [-0.2, 0) is 16.2 Å². The smallest absolute Gasteiger partial charge is 0.335 e. The number of benzene rings is 4. The molecule has 0 radical (unpaired) electrons. The number of ether oxygens (including phenoxy) is 1. The molecule has 0 atom stereocenters. The van der Waals surface area contributed by atoms with E-state index in [1.165, 1.54) is 6.08 Å². The van der Waals surface area contributed by atoms with Crippen molar-refractivity contribution >= 4 is 56.3 Å². The van der Waals surface area contributed by atoms with Crippen LogP contribution in [0.25, 0.3) is 16.8 Å². The van der Waals surface area contributed by atoms with Crippen LogP contribution in [0, 0.1) is 6.92 Å². The number of nitrogens with zero attached hydrogens (tertiary/aromatic N) is 1. The lowest BCUT2D eigenvalue weighted by atomic mass is 9.99. The maximum Gasteiger partial charge on any atom is 0.335 e. The Bertz CT molecular complexity index is 1560. The molecule has 4 amide bonds. The van der Waals surface area contributed by atoms with Crippen molar-refractivity contribution < 1.29 is 19.1 Å². The summed E-state index contributed by atoms with van der Waals surface area (Å²) in [6, 6.07) is 25.3. The average molecular weight is 541 g/mol. The second kappa shape index (κ2) is 9.79. The van der Waals surface area contributed by atoms with E-state index in [0.717, 1.165) is 31.3 Å². The number of hydrogen-bond acceptors (Lipinski definition) is 4. The van der Waals surface area contributed by atoms with Crippen LogP contribution >= 0.6 is 15.9 Å². The molecule has 1 heterocycles. The molecule has 178 valence electrons. The van der Waals surface area contributed by atoms with Gasteiger partial charge in [0.15, 0.2) is 0 Å². The summed E-state index contributed by atoms with van der Waals surface area (Å²) in [5, 5.41) is 4.03. The molecule has 0 spiro atoms. The normalized spacial score (nSPS) is 14.9. The number of anilines is 1. The lowest BCUT2D eigenvalue weighted by molar-refractivity contribution is -0.122. The van der Waals surface area contributed by atoms with Crippen molar-refractivity contribution in [1.29, 1.82) is 0 Å². The Balaban J connectivity index is 1.59. The molecule has 4 aromatic carbocycles. The van der Waals surface area contributed by atoms with Crippen molar-refractivity contribution in [2.24, 2.45) is 0 Å². The fourth-order valence-corrected chi connectivity index (χ4v) is 4.52. The second-order valence-electron chi connectivity index (χ2n) is 8.38. The molecule has 0 unspecified atom stereocenters. The van der Waals surface area contributed by atoms with Crippen molar-refractivity contribution in [3.8, 4) is 5.75 Å². The van der Waals surface area contributed by atoms with Gasteiger partial charge >= 0.3 is 6.03 Å². The molecule has 1 aliphatic rings. The van der Waals surface area contributed by atoms with Gasteiger partial charge in [0.25, 0.3) is 11.8 Å². The summed E-state index contributed by atoms with van der Waals surface area (Å²) in [5.41, 5.74) is 2.65. The Morgan fingerprint density at radius 1 is 0.917 bits per heavy atom. The highest BCUT2D eigenvalue weighted by Crippen LogP contribution is 2.33. The van der Waals surface area contributed by atoms with E-state index in [2.05, 4.69) is 21.2 Å². The second-order valence-corrected chi connectivity index (χ2v) is 9.23. The van der Waals surface area contributed by atoms with E-state index >= 15 is 0 Å². The van der Waals surface area contributed by atoms with E-state index in [-0.39, 0.29) is 12.2 Å². The standard InChI is InChI=1S/C29H21BrN2O4/c1-18-7-6-10-21(15-18)32-28(34)24(27(33)31-29(32)35)16-23-22-11-4-2-8-19(22)13-14-26(23)36-17-20-9-3-5-12-25(20)30/h2-16H,17H2,1H3,(H,31,33,35)/b24-16+. The van der Waals surface area contributed by atoms with Crippen molar-refractivity contribution in [3.63, 3.8) is 0 Å². The number of imide groups is 2. The number of fused-ring (bicyclic) bond motifs is 1. The third-order valence-electron chi connectivity index (χ3n) is 5.92. The molecule has 0 bridgehead atoms. The molecule has 7 heteroatoms. The highest BCUT2D eigenvalue weighted by molar-refractivity contribution is 9.10. The molecule has 0 aliphatic carbocycles. The molecule has 4 aromatic rings. The highest BCUT2D eigenvalue weighted by atomic mass is 79.9. The number of nitrogens with one attached hydrogen (secondary N) is 1. The lowest BCUT2D eigenvalue weighted by Crippen LogP contribution is -2.54. The number of urea groups is 1. The Morgan fingerprint density at radius 2 is 1.69 bits per heavy atom. The van der Waals surface area contributed by atoms with Gasteiger partial charge in [-0.05, 0) is 53.6 Å². The highest BCUT2D eigenvalue weighted by Gasteiger charge is 2.37. The summed E-state index contributed by atoms with van der Waals surface area (Å²) in [5.74, 6) is -0.936. The predicted octanol–water partition coefficient (Wildman–Crippen LogP) is 6.16. The molecule has 6 nitrogen and oxygen atoms in total. The average Bonchev–Trinajstić information content (AvgIpc) is 2.86. The van der Waals surface area contributed by atoms with Crippen LogP contribution < -0.4 is 15.0 Å². The van der Waals surface area contributed by atoms with Crippen LogP contribution in [-0.4, -0.2) is 17.8 Å². The zero-order chi connectivity index (χ0) is 25.2. The van der Waals surface area contributed by atoms with Gasteiger partial charge in [-0.1, -0.05) is 76.6 Å². The van der Waals surface area contributed by atoms with E-state index in [1.54, 1.807) is 18.2 Å². The van der Waals surface area contributed by atoms with E-state index in [9.17, 15) is 14.4 Å². The number of aryl methyl sites for hydroxylation is 1. The van der Waals surface area contributed by atoms with E-state index in [1.807, 2.05) is 73.7 Å². The first-order chi connectivity index (χ1) is 17.4. The van der Waals surface area contributed by atoms with E-state index < -0.39 is 17.8 Å². The van der Waals surface area contributed by atoms with Gasteiger partial charge in [0.2, 0.25) is 0 Å². The van der Waals surface area contributed by atoms with Crippen molar-refractivity contribution in [2.75, 3.05) is 4.90 Å². The molecule has 36 heavy (non-hydrogen) atoms. The van der Waals surface area contributed by atoms with Crippen LogP contribution in [0.1, 0.15) is 16.7 Å². The van der Waals surface area contributed by atoms with Gasteiger partial charge in [-0.15, -0.1) is 0 Å². The van der Waals surface area contributed by atoms with Crippen molar-refractivity contribution in [3.05, 3.63) is 112 Å². The first-order valence-corrected chi connectivity index (χ1v) is 12.1. The number of halogens is 1. The Morgan fingerprint density at radius 3 is 2.50 bits per heavy atom. The largest absolute Gasteiger partial charge is 0.488 e. The summed E-state index contributed by atoms with van der Waals surface area (Å²) in [4.78, 5) is 39.9. The molecule has 1 aliphatic heterocycles. The maximum absolute atomic E-state index is 13.5. The van der Waals surface area contributed by atoms with Gasteiger partial charge in [-0.25, -0.2) is 9.69 Å². The van der Waals surface area contributed by atoms with Gasteiger partial charge in [-0.3, -0.25) is 14.9 Å². The SMILES string of the molecule is Cc1cccc(N2C(=O)NC(=O)/C(=C\c3c(OCc4ccccc4Br)ccc4ccccc34)C2=O)c1. The number of carbonyl (C=O) groups excluding carboxylic acids is 3. The minimum absolute atomic E-state index is 0.154. The molecule has 1 N–H and O–H groups in total. The minimum atomic E-state index is -0.781. The van der Waals surface area contributed by atoms with Gasteiger partial charge in [0, 0.05) is 15.6 Å².